The minimum Gasteiger partial charge on any atom is -0.495 e. The van der Waals surface area contributed by atoms with E-state index < -0.39 is 0 Å². The molecule has 0 unspecified atom stereocenters. The lowest BCUT2D eigenvalue weighted by Crippen LogP contribution is -2.47. The highest BCUT2D eigenvalue weighted by atomic mass is 35.5. The topological polar surface area (TPSA) is 70.7 Å². The molecule has 2 N–H and O–H groups in total. The van der Waals surface area contributed by atoms with Crippen LogP contribution in [0, 0.1) is 11.8 Å². The molecule has 0 saturated heterocycles. The maximum absolute atomic E-state index is 12.3. The molecule has 1 aromatic carbocycles. The molecule has 1 fully saturated rings. The van der Waals surface area contributed by atoms with Crippen molar-refractivity contribution in [3.63, 3.8) is 0 Å². The monoisotopic (exact) mass is 395 g/mol. The van der Waals surface area contributed by atoms with Crippen LogP contribution in [0.1, 0.15) is 33.1 Å². The van der Waals surface area contributed by atoms with E-state index >= 15 is 0 Å². The normalized spacial score (nSPS) is 22.4. The molecule has 1 aromatic rings. The lowest BCUT2D eigenvalue weighted by molar-refractivity contribution is -0.124. The first-order valence-electron chi connectivity index (χ1n) is 9.41. The number of halogens is 1. The molecule has 7 heteroatoms. The van der Waals surface area contributed by atoms with Gasteiger partial charge in [-0.15, -0.1) is 0 Å². The standard InChI is InChI=1S/C20H30ClN3O3/c1-13-6-5-7-16(14(13)2)22-19(25)11-24(3)12-20(26)23-17-10-15(21)8-9-18(17)27-4/h8-10,13-14,16H,5-7,11-12H2,1-4H3,(H,22,25)(H,23,26)/t13-,14+,16-/m1/s1. The second-order valence-electron chi connectivity index (χ2n) is 7.51. The van der Waals surface area contributed by atoms with Crippen molar-refractivity contribution in [3.8, 4) is 5.75 Å². The Hall–Kier alpha value is -1.79. The summed E-state index contributed by atoms with van der Waals surface area (Å²) in [6.07, 6.45) is 3.40. The Morgan fingerprint density at radius 1 is 1.22 bits per heavy atom. The summed E-state index contributed by atoms with van der Waals surface area (Å²) >= 11 is 5.98. The van der Waals surface area contributed by atoms with Crippen LogP contribution < -0.4 is 15.4 Å². The van der Waals surface area contributed by atoms with Crippen molar-refractivity contribution in [1.29, 1.82) is 0 Å². The smallest absolute Gasteiger partial charge is 0.238 e. The maximum atomic E-state index is 12.3. The second-order valence-corrected chi connectivity index (χ2v) is 7.94. The van der Waals surface area contributed by atoms with Crippen molar-refractivity contribution in [3.05, 3.63) is 23.2 Å². The first-order valence-corrected chi connectivity index (χ1v) is 9.79. The summed E-state index contributed by atoms with van der Waals surface area (Å²) in [6.45, 7) is 4.71. The van der Waals surface area contributed by atoms with Gasteiger partial charge in [-0.3, -0.25) is 14.5 Å². The molecule has 0 aliphatic heterocycles. The van der Waals surface area contributed by atoms with Crippen molar-refractivity contribution in [1.82, 2.24) is 10.2 Å². The number of anilines is 1. The molecule has 150 valence electrons. The predicted molar refractivity (Wildman–Crippen MR) is 108 cm³/mol. The van der Waals surface area contributed by atoms with Crippen molar-refractivity contribution >= 4 is 29.1 Å². The van der Waals surface area contributed by atoms with Gasteiger partial charge in [0.2, 0.25) is 11.8 Å². The van der Waals surface area contributed by atoms with Gasteiger partial charge in [-0.1, -0.05) is 38.3 Å². The fourth-order valence-electron chi connectivity index (χ4n) is 3.55. The molecular formula is C20H30ClN3O3. The van der Waals surface area contributed by atoms with Gasteiger partial charge < -0.3 is 15.4 Å². The minimum absolute atomic E-state index is 0.0448. The van der Waals surface area contributed by atoms with Gasteiger partial charge >= 0.3 is 0 Å². The number of rotatable bonds is 7. The van der Waals surface area contributed by atoms with Gasteiger partial charge in [-0.05, 0) is 43.5 Å². The lowest BCUT2D eigenvalue weighted by Gasteiger charge is -2.34. The van der Waals surface area contributed by atoms with Gasteiger partial charge in [0.05, 0.1) is 25.9 Å². The fraction of sp³-hybridized carbons (Fsp3) is 0.600. The average Bonchev–Trinajstić information content (AvgIpc) is 2.58. The number of nitrogens with one attached hydrogen (secondary N) is 2. The van der Waals surface area contributed by atoms with E-state index in [1.165, 1.54) is 13.5 Å². The van der Waals surface area contributed by atoms with Crippen LogP contribution in [-0.4, -0.2) is 50.0 Å². The zero-order chi connectivity index (χ0) is 20.0. The molecule has 2 rings (SSSR count). The van der Waals surface area contributed by atoms with Crippen LogP contribution in [0.2, 0.25) is 5.02 Å². The van der Waals surface area contributed by atoms with E-state index in [0.717, 1.165) is 12.8 Å². The molecule has 0 bridgehead atoms. The summed E-state index contributed by atoms with van der Waals surface area (Å²) in [5, 5.41) is 6.42. The highest BCUT2D eigenvalue weighted by Gasteiger charge is 2.28. The Kier molecular flexibility index (Phi) is 7.92. The van der Waals surface area contributed by atoms with Gasteiger partial charge in [-0.2, -0.15) is 0 Å². The Balaban J connectivity index is 1.82. The zero-order valence-corrected chi connectivity index (χ0v) is 17.3. The highest BCUT2D eigenvalue weighted by Crippen LogP contribution is 2.29. The zero-order valence-electron chi connectivity index (χ0n) is 16.5. The molecular weight excluding hydrogens is 366 g/mol. The number of hydrogen-bond acceptors (Lipinski definition) is 4. The molecule has 0 heterocycles. The van der Waals surface area contributed by atoms with Crippen LogP contribution in [0.4, 0.5) is 5.69 Å². The first kappa shape index (κ1) is 21.5. The number of carbonyl (C=O) groups excluding carboxylic acids is 2. The van der Waals surface area contributed by atoms with Crippen molar-refractivity contribution in [2.75, 3.05) is 32.6 Å². The Morgan fingerprint density at radius 2 is 1.93 bits per heavy atom. The number of nitrogens with zero attached hydrogens (tertiary/aromatic N) is 1. The molecule has 0 aromatic heterocycles. The lowest BCUT2D eigenvalue weighted by atomic mass is 9.78. The van der Waals surface area contributed by atoms with Crippen molar-refractivity contribution in [2.45, 2.75) is 39.2 Å². The molecule has 0 spiro atoms. The van der Waals surface area contributed by atoms with E-state index in [0.29, 0.717) is 28.3 Å². The van der Waals surface area contributed by atoms with Crippen LogP contribution in [0.5, 0.6) is 5.75 Å². The number of methoxy groups -OCH3 is 1. The Labute approximate surface area is 166 Å². The van der Waals surface area contributed by atoms with Gasteiger partial charge in [0.25, 0.3) is 0 Å². The van der Waals surface area contributed by atoms with Crippen LogP contribution in [0.25, 0.3) is 0 Å². The molecule has 1 saturated carbocycles. The predicted octanol–water partition coefficient (Wildman–Crippen LogP) is 3.16. The summed E-state index contributed by atoms with van der Waals surface area (Å²) in [7, 11) is 3.28. The SMILES string of the molecule is COc1ccc(Cl)cc1NC(=O)CN(C)CC(=O)N[C@@H]1CCC[C@@H](C)[C@@H]1C. The maximum Gasteiger partial charge on any atom is 0.238 e. The largest absolute Gasteiger partial charge is 0.495 e. The van der Waals surface area contributed by atoms with Crippen LogP contribution >= 0.6 is 11.6 Å². The van der Waals surface area contributed by atoms with Gasteiger partial charge in [0.1, 0.15) is 5.75 Å². The quantitative estimate of drug-likeness (QED) is 0.744. The molecule has 1 aliphatic carbocycles. The van der Waals surface area contributed by atoms with E-state index in [-0.39, 0.29) is 30.9 Å². The van der Waals surface area contributed by atoms with Crippen molar-refractivity contribution in [2.24, 2.45) is 11.8 Å². The third kappa shape index (κ3) is 6.40. The number of benzene rings is 1. The van der Waals surface area contributed by atoms with Crippen molar-refractivity contribution < 1.29 is 14.3 Å². The second kappa shape index (κ2) is 9.95. The number of likely N-dealkylation sites (N-methyl/N-ethyl adjacent to an activating group) is 1. The van der Waals surface area contributed by atoms with Crippen LogP contribution in [0.3, 0.4) is 0 Å². The minimum atomic E-state index is -0.231. The number of ether oxygens (including phenoxy) is 1. The Morgan fingerprint density at radius 3 is 2.63 bits per heavy atom. The fourth-order valence-corrected chi connectivity index (χ4v) is 3.72. The number of hydrogen-bond donors (Lipinski definition) is 2. The van der Waals surface area contributed by atoms with E-state index in [9.17, 15) is 9.59 Å². The summed E-state index contributed by atoms with van der Waals surface area (Å²) in [6, 6.07) is 5.25. The molecule has 27 heavy (non-hydrogen) atoms. The van der Waals surface area contributed by atoms with Gasteiger partial charge in [0.15, 0.2) is 0 Å². The number of amides is 2. The first-order chi connectivity index (χ1) is 12.8. The van der Waals surface area contributed by atoms with Gasteiger partial charge in [0, 0.05) is 11.1 Å². The van der Waals surface area contributed by atoms with E-state index in [1.807, 2.05) is 0 Å². The van der Waals surface area contributed by atoms with E-state index in [1.54, 1.807) is 30.1 Å². The number of carbonyl (C=O) groups is 2. The summed E-state index contributed by atoms with van der Waals surface area (Å²) < 4.78 is 5.22. The third-order valence-corrected chi connectivity index (χ3v) is 5.55. The molecule has 0 radical (unpaired) electrons. The summed E-state index contributed by atoms with van der Waals surface area (Å²) in [4.78, 5) is 26.3. The third-order valence-electron chi connectivity index (χ3n) is 5.32. The van der Waals surface area contributed by atoms with E-state index in [2.05, 4.69) is 24.5 Å². The van der Waals surface area contributed by atoms with Crippen LogP contribution in [0.15, 0.2) is 18.2 Å². The van der Waals surface area contributed by atoms with Crippen LogP contribution in [-0.2, 0) is 9.59 Å². The molecule has 1 aliphatic rings. The molecule has 2 amide bonds. The Bertz CT molecular complexity index is 668. The summed E-state index contributed by atoms with van der Waals surface area (Å²) in [5.74, 6) is 1.36. The highest BCUT2D eigenvalue weighted by molar-refractivity contribution is 6.31. The van der Waals surface area contributed by atoms with Gasteiger partial charge in [-0.25, -0.2) is 0 Å². The molecule has 6 nitrogen and oxygen atoms in total. The molecule has 3 atom stereocenters. The van der Waals surface area contributed by atoms with E-state index in [4.69, 9.17) is 16.3 Å². The average molecular weight is 396 g/mol. The summed E-state index contributed by atoms with van der Waals surface area (Å²) in [5.41, 5.74) is 0.512.